The van der Waals surface area contributed by atoms with Gasteiger partial charge < -0.3 is 4.90 Å². The van der Waals surface area contributed by atoms with Gasteiger partial charge in [-0.2, -0.15) is 18.7 Å². The predicted octanol–water partition coefficient (Wildman–Crippen LogP) is 2.26. The Labute approximate surface area is 103 Å². The maximum atomic E-state index is 11.8. The van der Waals surface area contributed by atoms with Gasteiger partial charge in [0.15, 0.2) is 6.61 Å². The highest BCUT2D eigenvalue weighted by Gasteiger charge is 2.27. The van der Waals surface area contributed by atoms with Crippen LogP contribution in [0.3, 0.4) is 0 Å². The van der Waals surface area contributed by atoms with Gasteiger partial charge in [-0.05, 0) is 23.6 Å². The van der Waals surface area contributed by atoms with Gasteiger partial charge in [0.2, 0.25) is 0 Å². The van der Waals surface area contributed by atoms with Crippen molar-refractivity contribution in [1.29, 1.82) is 0 Å². The van der Waals surface area contributed by atoms with E-state index in [1.807, 2.05) is 25.2 Å². The van der Waals surface area contributed by atoms with Crippen molar-refractivity contribution in [1.82, 2.24) is 5.48 Å². The molecule has 1 aliphatic rings. The molecule has 0 aromatic heterocycles. The van der Waals surface area contributed by atoms with E-state index in [0.717, 1.165) is 18.5 Å². The Kier molecular flexibility index (Phi) is 3.77. The normalized spacial score (nSPS) is 15.0. The number of benzene rings is 1. The second kappa shape index (κ2) is 5.16. The summed E-state index contributed by atoms with van der Waals surface area (Å²) in [5.74, 6) is 0. The third-order valence-electron chi connectivity index (χ3n) is 2.89. The molecule has 2 rings (SSSR count). The maximum Gasteiger partial charge on any atom is 0.413 e. The van der Waals surface area contributed by atoms with E-state index >= 15 is 0 Å². The van der Waals surface area contributed by atoms with Crippen molar-refractivity contribution in [2.45, 2.75) is 19.1 Å². The van der Waals surface area contributed by atoms with Crippen LogP contribution in [0.25, 0.3) is 0 Å². The van der Waals surface area contributed by atoms with Crippen LogP contribution in [0.5, 0.6) is 0 Å². The van der Waals surface area contributed by atoms with Crippen LogP contribution in [-0.4, -0.2) is 26.4 Å². The lowest BCUT2D eigenvalue weighted by Crippen LogP contribution is -2.24. The summed E-state index contributed by atoms with van der Waals surface area (Å²) in [7, 11) is 2.02. The van der Waals surface area contributed by atoms with Gasteiger partial charge in [-0.1, -0.05) is 12.1 Å². The number of hydrogen-bond donors (Lipinski definition) is 1. The predicted molar refractivity (Wildman–Crippen MR) is 62.3 cm³/mol. The number of likely N-dealkylation sites (N-methyl/N-ethyl adjacent to an activating group) is 1. The average molecular weight is 260 g/mol. The van der Waals surface area contributed by atoms with Gasteiger partial charge >= 0.3 is 6.18 Å². The Morgan fingerprint density at radius 3 is 2.89 bits per heavy atom. The fourth-order valence-corrected chi connectivity index (χ4v) is 2.00. The summed E-state index contributed by atoms with van der Waals surface area (Å²) >= 11 is 0. The van der Waals surface area contributed by atoms with Gasteiger partial charge in [-0.25, -0.2) is 0 Å². The zero-order valence-corrected chi connectivity index (χ0v) is 10.0. The zero-order valence-electron chi connectivity index (χ0n) is 10.0. The lowest BCUT2D eigenvalue weighted by molar-refractivity contribution is -0.190. The van der Waals surface area contributed by atoms with Gasteiger partial charge in [-0.3, -0.25) is 4.84 Å². The first-order valence-corrected chi connectivity index (χ1v) is 5.70. The van der Waals surface area contributed by atoms with Gasteiger partial charge in [-0.15, -0.1) is 0 Å². The largest absolute Gasteiger partial charge is 0.413 e. The highest BCUT2D eigenvalue weighted by atomic mass is 19.4. The average Bonchev–Trinajstić information content (AvgIpc) is 2.65. The molecule has 0 fully saturated rings. The van der Waals surface area contributed by atoms with E-state index in [4.69, 9.17) is 0 Å². The number of rotatable bonds is 4. The Morgan fingerprint density at radius 2 is 2.17 bits per heavy atom. The lowest BCUT2D eigenvalue weighted by atomic mass is 10.1. The van der Waals surface area contributed by atoms with E-state index in [2.05, 4.69) is 15.2 Å². The third-order valence-corrected chi connectivity index (χ3v) is 2.89. The van der Waals surface area contributed by atoms with Crippen LogP contribution in [0.4, 0.5) is 18.9 Å². The molecule has 1 N–H and O–H groups in total. The minimum Gasteiger partial charge on any atom is -0.374 e. The molecule has 0 spiro atoms. The Bertz CT molecular complexity index is 420. The van der Waals surface area contributed by atoms with Crippen LogP contribution < -0.4 is 10.4 Å². The number of alkyl halides is 3. The standard InChI is InChI=1S/C12H15F3N2O/c1-17-5-4-10-6-9(2-3-11(10)17)7-16-18-8-12(13,14)15/h2-3,6,16H,4-5,7-8H2,1H3. The Hall–Kier alpha value is -1.27. The quantitative estimate of drug-likeness (QED) is 0.664. The molecule has 0 saturated heterocycles. The monoisotopic (exact) mass is 260 g/mol. The van der Waals surface area contributed by atoms with Crippen molar-refractivity contribution < 1.29 is 18.0 Å². The maximum absolute atomic E-state index is 11.8. The molecule has 1 heterocycles. The van der Waals surface area contributed by atoms with Gasteiger partial charge in [0.1, 0.15) is 0 Å². The molecule has 0 atom stereocenters. The van der Waals surface area contributed by atoms with Crippen LogP contribution in [0.15, 0.2) is 18.2 Å². The molecule has 0 bridgehead atoms. The summed E-state index contributed by atoms with van der Waals surface area (Å²) in [6.07, 6.45) is -3.32. The molecule has 1 aliphatic heterocycles. The van der Waals surface area contributed by atoms with E-state index in [-0.39, 0.29) is 6.54 Å². The van der Waals surface area contributed by atoms with Crippen LogP contribution in [-0.2, 0) is 17.8 Å². The van der Waals surface area contributed by atoms with Crippen molar-refractivity contribution >= 4 is 5.69 Å². The molecule has 1 aromatic rings. The van der Waals surface area contributed by atoms with Crippen molar-refractivity contribution in [3.05, 3.63) is 29.3 Å². The second-order valence-corrected chi connectivity index (χ2v) is 4.36. The minimum atomic E-state index is -4.30. The van der Waals surface area contributed by atoms with Crippen LogP contribution in [0.2, 0.25) is 0 Å². The third kappa shape index (κ3) is 3.36. The van der Waals surface area contributed by atoms with E-state index in [1.165, 1.54) is 11.3 Å². The fraction of sp³-hybridized carbons (Fsp3) is 0.500. The summed E-state index contributed by atoms with van der Waals surface area (Å²) in [5, 5.41) is 0. The van der Waals surface area contributed by atoms with Crippen LogP contribution in [0.1, 0.15) is 11.1 Å². The summed E-state index contributed by atoms with van der Waals surface area (Å²) in [6.45, 7) is -0.0233. The molecule has 100 valence electrons. The van der Waals surface area contributed by atoms with Crippen molar-refractivity contribution in [3.63, 3.8) is 0 Å². The molecule has 0 unspecified atom stereocenters. The number of fused-ring (bicyclic) bond motifs is 1. The van der Waals surface area contributed by atoms with Crippen molar-refractivity contribution in [3.8, 4) is 0 Å². The minimum absolute atomic E-state index is 0.271. The topological polar surface area (TPSA) is 24.5 Å². The molecule has 3 nitrogen and oxygen atoms in total. The summed E-state index contributed by atoms with van der Waals surface area (Å²) in [4.78, 5) is 6.52. The first-order chi connectivity index (χ1) is 8.46. The first kappa shape index (κ1) is 13.2. The smallest absolute Gasteiger partial charge is 0.374 e. The summed E-state index contributed by atoms with van der Waals surface area (Å²) in [6, 6.07) is 5.89. The van der Waals surface area contributed by atoms with E-state index < -0.39 is 12.8 Å². The number of anilines is 1. The summed E-state index contributed by atoms with van der Waals surface area (Å²) < 4.78 is 35.5. The Morgan fingerprint density at radius 1 is 1.39 bits per heavy atom. The highest BCUT2D eigenvalue weighted by Crippen LogP contribution is 2.27. The summed E-state index contributed by atoms with van der Waals surface area (Å²) in [5.41, 5.74) is 5.67. The van der Waals surface area contributed by atoms with Crippen LogP contribution in [0, 0.1) is 0 Å². The van der Waals surface area contributed by atoms with Crippen LogP contribution >= 0.6 is 0 Å². The molecule has 0 radical (unpaired) electrons. The molecule has 18 heavy (non-hydrogen) atoms. The molecule has 0 amide bonds. The van der Waals surface area contributed by atoms with Gasteiger partial charge in [0, 0.05) is 25.8 Å². The van der Waals surface area contributed by atoms with Crippen molar-refractivity contribution in [2.75, 3.05) is 25.1 Å². The van der Waals surface area contributed by atoms with E-state index in [0.29, 0.717) is 0 Å². The first-order valence-electron chi connectivity index (χ1n) is 5.70. The zero-order chi connectivity index (χ0) is 13.2. The highest BCUT2D eigenvalue weighted by molar-refractivity contribution is 5.58. The Balaban J connectivity index is 1.84. The number of halogens is 3. The van der Waals surface area contributed by atoms with Crippen molar-refractivity contribution in [2.24, 2.45) is 0 Å². The van der Waals surface area contributed by atoms with E-state index in [1.54, 1.807) is 0 Å². The SMILES string of the molecule is CN1CCc2cc(CNOCC(F)(F)F)ccc21. The van der Waals surface area contributed by atoms with Gasteiger partial charge in [0.25, 0.3) is 0 Å². The molecule has 0 saturated carbocycles. The molecule has 1 aromatic carbocycles. The molecule has 0 aliphatic carbocycles. The second-order valence-electron chi connectivity index (χ2n) is 4.36. The fourth-order valence-electron chi connectivity index (χ4n) is 2.00. The molecular formula is C12H15F3N2O. The molecule has 6 heteroatoms. The van der Waals surface area contributed by atoms with Gasteiger partial charge in [0.05, 0.1) is 0 Å². The number of hydroxylamine groups is 1. The molecular weight excluding hydrogens is 245 g/mol. The lowest BCUT2D eigenvalue weighted by Gasteiger charge is -2.12. The number of hydrogen-bond acceptors (Lipinski definition) is 3. The number of nitrogens with zero attached hydrogens (tertiary/aromatic N) is 1. The van der Waals surface area contributed by atoms with E-state index in [9.17, 15) is 13.2 Å². The number of nitrogens with one attached hydrogen (secondary N) is 1.